The van der Waals surface area contributed by atoms with Crippen molar-refractivity contribution >= 4 is 5.91 Å². The fourth-order valence-corrected chi connectivity index (χ4v) is 1.69. The lowest BCUT2D eigenvalue weighted by Gasteiger charge is -2.05. The summed E-state index contributed by atoms with van der Waals surface area (Å²) < 4.78 is 5.09. The molecule has 1 aromatic heterocycles. The Morgan fingerprint density at radius 2 is 2.16 bits per heavy atom. The quantitative estimate of drug-likeness (QED) is 0.735. The third-order valence-corrected chi connectivity index (χ3v) is 2.63. The first-order chi connectivity index (χ1) is 9.17. The number of amides is 1. The third kappa shape index (κ3) is 3.74. The molecule has 1 heterocycles. The summed E-state index contributed by atoms with van der Waals surface area (Å²) in [6.45, 7) is 0.293. The number of aromatic nitrogens is 2. The summed E-state index contributed by atoms with van der Waals surface area (Å²) in [7, 11) is 1.58. The van der Waals surface area contributed by atoms with Crippen molar-refractivity contribution in [3.05, 3.63) is 51.9 Å². The number of benzene rings is 1. The van der Waals surface area contributed by atoms with Gasteiger partial charge >= 0.3 is 0 Å². The van der Waals surface area contributed by atoms with Gasteiger partial charge in [-0.15, -0.1) is 0 Å². The zero-order chi connectivity index (χ0) is 13.7. The highest BCUT2D eigenvalue weighted by Gasteiger charge is 2.05. The number of rotatable bonds is 5. The van der Waals surface area contributed by atoms with E-state index in [4.69, 9.17) is 4.74 Å². The summed E-state index contributed by atoms with van der Waals surface area (Å²) in [5, 5.41) is 7.81. The number of carbonyl (C=O) groups excluding carboxylic acids is 1. The van der Waals surface area contributed by atoms with Crippen LogP contribution in [0.3, 0.4) is 0 Å². The van der Waals surface area contributed by atoms with E-state index in [1.54, 1.807) is 7.11 Å². The molecule has 3 N–H and O–H groups in total. The van der Waals surface area contributed by atoms with Crippen LogP contribution < -0.4 is 15.6 Å². The third-order valence-electron chi connectivity index (χ3n) is 2.63. The minimum atomic E-state index is -0.211. The molecule has 0 fully saturated rings. The van der Waals surface area contributed by atoms with Gasteiger partial charge in [0.15, 0.2) is 0 Å². The van der Waals surface area contributed by atoms with Crippen LogP contribution in [-0.4, -0.2) is 23.2 Å². The van der Waals surface area contributed by atoms with Crippen molar-refractivity contribution in [1.82, 2.24) is 15.5 Å². The second-order valence-electron chi connectivity index (χ2n) is 4.09. The lowest BCUT2D eigenvalue weighted by molar-refractivity contribution is -0.120. The van der Waals surface area contributed by atoms with Crippen LogP contribution in [-0.2, 0) is 17.8 Å². The molecule has 0 spiro atoms. The smallest absolute Gasteiger partial charge is 0.264 e. The van der Waals surface area contributed by atoms with E-state index < -0.39 is 0 Å². The van der Waals surface area contributed by atoms with Gasteiger partial charge in [-0.2, -0.15) is 0 Å². The van der Waals surface area contributed by atoms with Gasteiger partial charge < -0.3 is 15.2 Å². The molecular weight excluding hydrogens is 246 g/mol. The second kappa shape index (κ2) is 5.90. The lowest BCUT2D eigenvalue weighted by atomic mass is 10.1. The standard InChI is InChI=1S/C13H15N3O3/c1-19-11-4-2-3-9(5-11)6-12(17)14-8-10-7-13(18)16-15-10/h2-5,7H,6,8H2,1H3,(H,14,17)(H2,15,16,18). The van der Waals surface area contributed by atoms with Crippen LogP contribution in [0.25, 0.3) is 0 Å². The molecule has 0 aliphatic heterocycles. The molecule has 0 unspecified atom stereocenters. The van der Waals surface area contributed by atoms with Crippen LogP contribution in [0.2, 0.25) is 0 Å². The Kier molecular flexibility index (Phi) is 4.02. The molecule has 0 saturated heterocycles. The van der Waals surface area contributed by atoms with Gasteiger partial charge in [0, 0.05) is 6.07 Å². The van der Waals surface area contributed by atoms with E-state index in [0.717, 1.165) is 11.3 Å². The molecule has 6 heteroatoms. The molecule has 2 aromatic rings. The Bertz CT molecular complexity index is 615. The Labute approximate surface area is 109 Å². The van der Waals surface area contributed by atoms with Gasteiger partial charge in [-0.05, 0) is 17.7 Å². The van der Waals surface area contributed by atoms with Crippen molar-refractivity contribution in [1.29, 1.82) is 0 Å². The number of aromatic amines is 2. The van der Waals surface area contributed by atoms with Gasteiger partial charge in [-0.25, -0.2) is 0 Å². The first kappa shape index (κ1) is 12.9. The lowest BCUT2D eigenvalue weighted by Crippen LogP contribution is -2.24. The number of hydrogen-bond donors (Lipinski definition) is 3. The van der Waals surface area contributed by atoms with Gasteiger partial charge in [0.25, 0.3) is 5.56 Å². The maximum absolute atomic E-state index is 11.7. The predicted octanol–water partition coefficient (Wildman–Crippen LogP) is 0.570. The number of methoxy groups -OCH3 is 1. The first-order valence-electron chi connectivity index (χ1n) is 5.83. The summed E-state index contributed by atoms with van der Waals surface area (Å²) in [5.41, 5.74) is 1.31. The number of hydrogen-bond acceptors (Lipinski definition) is 3. The Balaban J connectivity index is 1.88. The number of ether oxygens (including phenoxy) is 1. The molecule has 0 atom stereocenters. The van der Waals surface area contributed by atoms with Crippen molar-refractivity contribution < 1.29 is 9.53 Å². The summed E-state index contributed by atoms with van der Waals surface area (Å²) >= 11 is 0. The van der Waals surface area contributed by atoms with Crippen molar-refractivity contribution in [2.45, 2.75) is 13.0 Å². The fourth-order valence-electron chi connectivity index (χ4n) is 1.69. The highest BCUT2D eigenvalue weighted by molar-refractivity contribution is 5.78. The fraction of sp³-hybridized carbons (Fsp3) is 0.231. The van der Waals surface area contributed by atoms with Crippen LogP contribution >= 0.6 is 0 Å². The van der Waals surface area contributed by atoms with Gasteiger partial charge in [0.2, 0.25) is 5.91 Å². The molecule has 1 amide bonds. The molecule has 0 saturated carbocycles. The van der Waals surface area contributed by atoms with E-state index in [2.05, 4.69) is 15.5 Å². The Hall–Kier alpha value is -2.50. The summed E-state index contributed by atoms with van der Waals surface area (Å²) in [5.74, 6) is 0.607. The van der Waals surface area contributed by atoms with Crippen molar-refractivity contribution in [3.63, 3.8) is 0 Å². The second-order valence-corrected chi connectivity index (χ2v) is 4.09. The monoisotopic (exact) mass is 261 g/mol. The normalized spacial score (nSPS) is 10.2. The SMILES string of the molecule is COc1cccc(CC(=O)NCc2cc(=O)[nH][nH]2)c1. The molecule has 0 aliphatic rings. The van der Waals surface area contributed by atoms with E-state index in [9.17, 15) is 9.59 Å². The predicted molar refractivity (Wildman–Crippen MR) is 70.0 cm³/mol. The summed E-state index contributed by atoms with van der Waals surface area (Å²) in [6, 6.07) is 8.75. The minimum absolute atomic E-state index is 0.115. The van der Waals surface area contributed by atoms with Crippen molar-refractivity contribution in [3.8, 4) is 5.75 Å². The molecular formula is C13H15N3O3. The number of nitrogens with one attached hydrogen (secondary N) is 3. The van der Waals surface area contributed by atoms with Crippen LogP contribution in [0.5, 0.6) is 5.75 Å². The molecule has 6 nitrogen and oxygen atoms in total. The van der Waals surface area contributed by atoms with E-state index in [1.165, 1.54) is 6.07 Å². The van der Waals surface area contributed by atoms with Crippen LogP contribution in [0, 0.1) is 0 Å². The maximum atomic E-state index is 11.7. The zero-order valence-electron chi connectivity index (χ0n) is 10.5. The molecule has 100 valence electrons. The van der Waals surface area contributed by atoms with Gasteiger partial charge in [-0.1, -0.05) is 12.1 Å². The number of carbonyl (C=O) groups is 1. The van der Waals surface area contributed by atoms with Gasteiger partial charge in [0.05, 0.1) is 25.8 Å². The average molecular weight is 261 g/mol. The topological polar surface area (TPSA) is 87.0 Å². The van der Waals surface area contributed by atoms with E-state index >= 15 is 0 Å². The maximum Gasteiger partial charge on any atom is 0.264 e. The van der Waals surface area contributed by atoms with E-state index in [-0.39, 0.29) is 17.9 Å². The molecule has 19 heavy (non-hydrogen) atoms. The molecule has 1 aromatic carbocycles. The molecule has 2 rings (SSSR count). The molecule has 0 bridgehead atoms. The van der Waals surface area contributed by atoms with Crippen LogP contribution in [0.1, 0.15) is 11.3 Å². The minimum Gasteiger partial charge on any atom is -0.497 e. The van der Waals surface area contributed by atoms with E-state index in [1.807, 2.05) is 24.3 Å². The van der Waals surface area contributed by atoms with E-state index in [0.29, 0.717) is 12.2 Å². The van der Waals surface area contributed by atoms with Crippen molar-refractivity contribution in [2.75, 3.05) is 7.11 Å². The van der Waals surface area contributed by atoms with Crippen molar-refractivity contribution in [2.24, 2.45) is 0 Å². The highest BCUT2D eigenvalue weighted by atomic mass is 16.5. The zero-order valence-corrected chi connectivity index (χ0v) is 10.5. The van der Waals surface area contributed by atoms with Gasteiger partial charge in [0.1, 0.15) is 5.75 Å². The largest absolute Gasteiger partial charge is 0.497 e. The number of H-pyrrole nitrogens is 2. The molecule has 0 radical (unpaired) electrons. The summed E-state index contributed by atoms with van der Waals surface area (Å²) in [4.78, 5) is 22.6. The Morgan fingerprint density at radius 1 is 1.32 bits per heavy atom. The highest BCUT2D eigenvalue weighted by Crippen LogP contribution is 2.12. The van der Waals surface area contributed by atoms with Gasteiger partial charge in [-0.3, -0.25) is 14.7 Å². The summed E-state index contributed by atoms with van der Waals surface area (Å²) in [6.07, 6.45) is 0.270. The Morgan fingerprint density at radius 3 is 2.84 bits per heavy atom. The average Bonchev–Trinajstić information content (AvgIpc) is 2.82. The molecule has 0 aliphatic carbocycles. The van der Waals surface area contributed by atoms with Crippen LogP contribution in [0.15, 0.2) is 35.1 Å². The van der Waals surface area contributed by atoms with Crippen LogP contribution in [0.4, 0.5) is 0 Å². The first-order valence-corrected chi connectivity index (χ1v) is 5.83.